The number of rotatable bonds is 1. The zero-order valence-electron chi connectivity index (χ0n) is 5.79. The van der Waals surface area contributed by atoms with Gasteiger partial charge in [-0.05, 0) is 24.3 Å². The van der Waals surface area contributed by atoms with Gasteiger partial charge in [0.15, 0.2) is 0 Å². The molecule has 1 heteroatoms. The average Bonchev–Trinajstić information content (AvgIpc) is 2.71. The van der Waals surface area contributed by atoms with E-state index in [4.69, 9.17) is 0 Å². The van der Waals surface area contributed by atoms with E-state index < -0.39 is 0 Å². The van der Waals surface area contributed by atoms with Crippen LogP contribution in [0.1, 0.15) is 24.3 Å². The lowest BCUT2D eigenvalue weighted by atomic mass is 10.1. The van der Waals surface area contributed by atoms with Crippen molar-refractivity contribution in [3.8, 4) is 0 Å². The van der Waals surface area contributed by atoms with Crippen molar-refractivity contribution in [2.45, 2.75) is 18.8 Å². The summed E-state index contributed by atoms with van der Waals surface area (Å²) in [7, 11) is 0. The van der Waals surface area contributed by atoms with Crippen LogP contribution >= 0.6 is 12.4 Å². The first-order valence-electron chi connectivity index (χ1n) is 3.52. The van der Waals surface area contributed by atoms with Crippen LogP contribution in [0.4, 0.5) is 0 Å². The van der Waals surface area contributed by atoms with E-state index in [-0.39, 0.29) is 12.4 Å². The van der Waals surface area contributed by atoms with Gasteiger partial charge >= 0.3 is 0 Å². The molecule has 10 heavy (non-hydrogen) atoms. The quantitative estimate of drug-likeness (QED) is 0.584. The van der Waals surface area contributed by atoms with Crippen LogP contribution in [0.3, 0.4) is 0 Å². The molecule has 0 nitrogen and oxygen atoms in total. The minimum absolute atomic E-state index is 0. The zero-order chi connectivity index (χ0) is 6.10. The minimum atomic E-state index is 0. The molecule has 0 unspecified atom stereocenters. The predicted octanol–water partition coefficient (Wildman–Crippen LogP) is 2.99. The van der Waals surface area contributed by atoms with E-state index >= 15 is 0 Å². The molecule has 0 atom stereocenters. The van der Waals surface area contributed by atoms with Gasteiger partial charge in [0.25, 0.3) is 0 Å². The highest BCUT2D eigenvalue weighted by Gasteiger charge is 2.22. The summed E-state index contributed by atoms with van der Waals surface area (Å²) in [6.45, 7) is 0. The van der Waals surface area contributed by atoms with Crippen LogP contribution in [0.15, 0.2) is 30.3 Å². The first-order chi connectivity index (χ1) is 4.47. The number of benzene rings is 1. The van der Waals surface area contributed by atoms with Gasteiger partial charge in [0, 0.05) is 0 Å². The molecule has 1 aliphatic carbocycles. The molecule has 1 aliphatic rings. The number of hydrogen-bond acceptors (Lipinski definition) is 0. The van der Waals surface area contributed by atoms with Gasteiger partial charge in [0.05, 0.1) is 0 Å². The van der Waals surface area contributed by atoms with Gasteiger partial charge in [0.1, 0.15) is 0 Å². The van der Waals surface area contributed by atoms with Crippen molar-refractivity contribution >= 4 is 12.4 Å². The van der Waals surface area contributed by atoms with E-state index in [0.29, 0.717) is 0 Å². The molecule has 0 spiro atoms. The van der Waals surface area contributed by atoms with Crippen molar-refractivity contribution in [3.05, 3.63) is 35.9 Å². The van der Waals surface area contributed by atoms with Crippen molar-refractivity contribution in [2.24, 2.45) is 0 Å². The van der Waals surface area contributed by atoms with Crippen LogP contribution in [-0.4, -0.2) is 0 Å². The Morgan fingerprint density at radius 2 is 1.60 bits per heavy atom. The zero-order valence-corrected chi connectivity index (χ0v) is 6.60. The maximum absolute atomic E-state index is 2.22. The highest BCUT2D eigenvalue weighted by molar-refractivity contribution is 5.85. The first-order valence-corrected chi connectivity index (χ1v) is 3.52. The largest absolute Gasteiger partial charge is 0.147 e. The molecule has 0 heterocycles. The molecule has 0 N–H and O–H groups in total. The molecule has 1 aromatic carbocycles. The summed E-state index contributed by atoms with van der Waals surface area (Å²) in [4.78, 5) is 0. The van der Waals surface area contributed by atoms with Crippen molar-refractivity contribution in [1.82, 2.24) is 0 Å². The fourth-order valence-electron chi connectivity index (χ4n) is 1.14. The van der Waals surface area contributed by atoms with E-state index in [2.05, 4.69) is 30.3 Å². The highest BCUT2D eigenvalue weighted by Crippen LogP contribution is 2.39. The van der Waals surface area contributed by atoms with Crippen LogP contribution < -0.4 is 0 Å². The second kappa shape index (κ2) is 3.07. The molecule has 0 bridgehead atoms. The molecule has 0 aromatic heterocycles. The van der Waals surface area contributed by atoms with Gasteiger partial charge in [-0.1, -0.05) is 30.3 Å². The minimum Gasteiger partial charge on any atom is -0.147 e. The average molecular weight is 155 g/mol. The van der Waals surface area contributed by atoms with Crippen LogP contribution in [0.5, 0.6) is 0 Å². The van der Waals surface area contributed by atoms with Crippen molar-refractivity contribution in [2.75, 3.05) is 0 Å². The van der Waals surface area contributed by atoms with Gasteiger partial charge in [-0.3, -0.25) is 0 Å². The van der Waals surface area contributed by atoms with Crippen LogP contribution in [0.2, 0.25) is 0 Å². The summed E-state index contributed by atoms with van der Waals surface area (Å²) in [6, 6.07) is 10.8. The Kier molecular flexibility index (Phi) is 2.34. The Bertz CT molecular complexity index is 189. The lowest BCUT2D eigenvalue weighted by molar-refractivity contribution is 1.13. The van der Waals surface area contributed by atoms with E-state index in [9.17, 15) is 0 Å². The molecule has 0 radical (unpaired) electrons. The van der Waals surface area contributed by atoms with Gasteiger partial charge < -0.3 is 0 Å². The SMILES string of the molecule is Cl.c1ccc(C2CC2)cc1. The summed E-state index contributed by atoms with van der Waals surface area (Å²) >= 11 is 0. The summed E-state index contributed by atoms with van der Waals surface area (Å²) < 4.78 is 0. The standard InChI is InChI=1S/C9H10.ClH/c1-2-4-8(5-3-1)9-6-7-9;/h1-5,9H,6-7H2;1H. The molecule has 2 rings (SSSR count). The summed E-state index contributed by atoms with van der Waals surface area (Å²) in [6.07, 6.45) is 2.81. The van der Waals surface area contributed by atoms with Crippen molar-refractivity contribution in [3.63, 3.8) is 0 Å². The molecule has 1 fully saturated rings. The Labute approximate surface area is 67.7 Å². The molecular formula is C9H11Cl. The summed E-state index contributed by atoms with van der Waals surface area (Å²) in [5, 5.41) is 0. The van der Waals surface area contributed by atoms with Crippen LogP contribution in [-0.2, 0) is 0 Å². The third-order valence-electron chi connectivity index (χ3n) is 1.85. The fraction of sp³-hybridized carbons (Fsp3) is 0.333. The maximum Gasteiger partial charge on any atom is -0.0162 e. The van der Waals surface area contributed by atoms with Crippen molar-refractivity contribution in [1.29, 1.82) is 0 Å². The third kappa shape index (κ3) is 1.51. The van der Waals surface area contributed by atoms with E-state index in [1.807, 2.05) is 0 Å². The smallest absolute Gasteiger partial charge is 0.0162 e. The molecule has 0 amide bonds. The van der Waals surface area contributed by atoms with Crippen LogP contribution in [0, 0.1) is 0 Å². The second-order valence-corrected chi connectivity index (χ2v) is 2.68. The monoisotopic (exact) mass is 154 g/mol. The second-order valence-electron chi connectivity index (χ2n) is 2.68. The predicted molar refractivity (Wildman–Crippen MR) is 45.7 cm³/mol. The van der Waals surface area contributed by atoms with Gasteiger partial charge in [0.2, 0.25) is 0 Å². The normalized spacial score (nSPS) is 16.0. The van der Waals surface area contributed by atoms with E-state index in [0.717, 1.165) is 5.92 Å². The number of hydrogen-bond donors (Lipinski definition) is 0. The molecule has 54 valence electrons. The topological polar surface area (TPSA) is 0 Å². The Balaban J connectivity index is 0.000000500. The van der Waals surface area contributed by atoms with Crippen LogP contribution in [0.25, 0.3) is 0 Å². The summed E-state index contributed by atoms with van der Waals surface area (Å²) in [5.41, 5.74) is 1.53. The highest BCUT2D eigenvalue weighted by atomic mass is 35.5. The Morgan fingerprint density at radius 3 is 2.10 bits per heavy atom. The first kappa shape index (κ1) is 7.62. The lowest BCUT2D eigenvalue weighted by Crippen LogP contribution is -1.73. The molecule has 1 saturated carbocycles. The maximum atomic E-state index is 2.22. The Morgan fingerprint density at radius 1 is 1.00 bits per heavy atom. The third-order valence-corrected chi connectivity index (χ3v) is 1.85. The molecule has 0 saturated heterocycles. The number of halogens is 1. The van der Waals surface area contributed by atoms with Crippen molar-refractivity contribution < 1.29 is 0 Å². The summed E-state index contributed by atoms with van der Waals surface area (Å²) in [5.74, 6) is 0.909. The molecule has 1 aromatic rings. The molecular weight excluding hydrogens is 144 g/mol. The fourth-order valence-corrected chi connectivity index (χ4v) is 1.14. The van der Waals surface area contributed by atoms with Gasteiger partial charge in [-0.25, -0.2) is 0 Å². The van der Waals surface area contributed by atoms with E-state index in [1.54, 1.807) is 0 Å². The van der Waals surface area contributed by atoms with Gasteiger partial charge in [-0.2, -0.15) is 0 Å². The molecule has 0 aliphatic heterocycles. The van der Waals surface area contributed by atoms with E-state index in [1.165, 1.54) is 18.4 Å². The van der Waals surface area contributed by atoms with Gasteiger partial charge in [-0.15, -0.1) is 12.4 Å². The lowest BCUT2D eigenvalue weighted by Gasteiger charge is -1.92. The Hall–Kier alpha value is -0.490.